The van der Waals surface area contributed by atoms with Crippen molar-refractivity contribution in [3.05, 3.63) is 83.1 Å². The molecule has 2 heterocycles. The van der Waals surface area contributed by atoms with Gasteiger partial charge in [-0.05, 0) is 42.5 Å². The summed E-state index contributed by atoms with van der Waals surface area (Å²) in [6, 6.07) is 17.3. The molecule has 0 radical (unpaired) electrons. The van der Waals surface area contributed by atoms with Crippen LogP contribution in [0, 0.1) is 0 Å². The topological polar surface area (TPSA) is 109 Å². The summed E-state index contributed by atoms with van der Waals surface area (Å²) in [7, 11) is 0. The number of azo groups is 1. The highest BCUT2D eigenvalue weighted by Gasteiger charge is 2.19. The van der Waals surface area contributed by atoms with Crippen molar-refractivity contribution in [2.45, 2.75) is 6.54 Å². The number of carbonyl (C=O) groups is 2. The number of rotatable bonds is 5. The minimum Gasteiger partial charge on any atom is -0.493 e. The number of halogens is 1. The van der Waals surface area contributed by atoms with Crippen LogP contribution >= 0.6 is 15.9 Å². The molecule has 154 valence electrons. The largest absolute Gasteiger partial charge is 0.493 e. The Morgan fingerprint density at radius 2 is 1.81 bits per heavy atom. The summed E-state index contributed by atoms with van der Waals surface area (Å²) in [4.78, 5) is 28.7. The lowest BCUT2D eigenvalue weighted by atomic mass is 10.2. The molecule has 9 heteroatoms. The normalized spacial score (nSPS) is 11.1. The Kier molecular flexibility index (Phi) is 5.85. The van der Waals surface area contributed by atoms with Gasteiger partial charge >= 0.3 is 0 Å². The van der Waals surface area contributed by atoms with E-state index in [-0.39, 0.29) is 24.0 Å². The summed E-state index contributed by atoms with van der Waals surface area (Å²) < 4.78 is 2.17. The summed E-state index contributed by atoms with van der Waals surface area (Å²) in [6.07, 6.45) is 2.96. The molecule has 0 spiro atoms. The first-order chi connectivity index (χ1) is 15.0. The van der Waals surface area contributed by atoms with E-state index in [1.54, 1.807) is 30.3 Å². The number of aromatic hydroxyl groups is 1. The van der Waals surface area contributed by atoms with Crippen LogP contribution in [0.4, 0.5) is 11.4 Å². The van der Waals surface area contributed by atoms with Crippen molar-refractivity contribution in [1.29, 1.82) is 0 Å². The van der Waals surface area contributed by atoms with Gasteiger partial charge in [-0.2, -0.15) is 0 Å². The van der Waals surface area contributed by atoms with Gasteiger partial charge in [0.05, 0.1) is 5.52 Å². The third-order valence-corrected chi connectivity index (χ3v) is 4.99. The number of hydrogen-bond acceptors (Lipinski definition) is 5. The molecule has 0 aliphatic heterocycles. The molecule has 8 nitrogen and oxygen atoms in total. The second-order valence-electron chi connectivity index (χ2n) is 6.58. The van der Waals surface area contributed by atoms with Crippen molar-refractivity contribution in [3.63, 3.8) is 0 Å². The predicted octanol–water partition coefficient (Wildman–Crippen LogP) is 5.07. The molecule has 2 aromatic heterocycles. The minimum absolute atomic E-state index is 0.103. The van der Waals surface area contributed by atoms with E-state index < -0.39 is 5.91 Å². The van der Waals surface area contributed by atoms with E-state index in [9.17, 15) is 14.7 Å². The zero-order valence-electron chi connectivity index (χ0n) is 16.1. The molecule has 4 aromatic rings. The van der Waals surface area contributed by atoms with Crippen LogP contribution in [0.1, 0.15) is 10.4 Å². The zero-order valence-corrected chi connectivity index (χ0v) is 17.7. The van der Waals surface area contributed by atoms with Crippen LogP contribution in [0.15, 0.2) is 87.8 Å². The Hall–Kier alpha value is -3.85. The Labute approximate surface area is 185 Å². The van der Waals surface area contributed by atoms with E-state index in [0.717, 1.165) is 4.47 Å². The summed E-state index contributed by atoms with van der Waals surface area (Å²) in [6.45, 7) is -0.146. The third kappa shape index (κ3) is 4.51. The monoisotopic (exact) mass is 477 g/mol. The first kappa shape index (κ1) is 20.4. The molecule has 0 bridgehead atoms. The maximum Gasteiger partial charge on any atom is 0.295 e. The van der Waals surface area contributed by atoms with Crippen LogP contribution in [0.3, 0.4) is 0 Å². The first-order valence-corrected chi connectivity index (χ1v) is 10.0. The van der Waals surface area contributed by atoms with Gasteiger partial charge in [-0.15, -0.1) is 10.2 Å². The fourth-order valence-electron chi connectivity index (χ4n) is 3.07. The molecule has 4 rings (SSSR count). The standard InChI is InChI=1S/C22H16BrN5O3/c23-15-6-7-18-17(12-15)20(26-27-21(30)14-8-10-24-11-9-14)22(31)28(18)13-19(29)25-16-4-2-1-3-5-16/h1-12,31H,13H2,(H,25,29). The molecule has 0 atom stereocenters. The van der Waals surface area contributed by atoms with Crippen molar-refractivity contribution in [1.82, 2.24) is 9.55 Å². The predicted molar refractivity (Wildman–Crippen MR) is 119 cm³/mol. The van der Waals surface area contributed by atoms with Crippen molar-refractivity contribution < 1.29 is 14.7 Å². The number of aromatic nitrogens is 2. The van der Waals surface area contributed by atoms with Gasteiger partial charge < -0.3 is 15.0 Å². The van der Waals surface area contributed by atoms with Crippen LogP contribution in [0.5, 0.6) is 5.88 Å². The lowest BCUT2D eigenvalue weighted by Gasteiger charge is -2.08. The summed E-state index contributed by atoms with van der Waals surface area (Å²) in [5.41, 5.74) is 1.65. The van der Waals surface area contributed by atoms with Crippen LogP contribution in [-0.4, -0.2) is 26.5 Å². The number of hydrogen-bond donors (Lipinski definition) is 2. The number of nitrogens with one attached hydrogen (secondary N) is 1. The lowest BCUT2D eigenvalue weighted by Crippen LogP contribution is -2.18. The fraction of sp³-hybridized carbons (Fsp3) is 0.0455. The number of nitrogens with zero attached hydrogens (tertiary/aromatic N) is 4. The van der Waals surface area contributed by atoms with Crippen molar-refractivity contribution in [3.8, 4) is 5.88 Å². The van der Waals surface area contributed by atoms with Crippen LogP contribution in [0.2, 0.25) is 0 Å². The average molecular weight is 478 g/mol. The fourth-order valence-corrected chi connectivity index (χ4v) is 3.43. The SMILES string of the molecule is O=C(Cn1c(O)c(N=NC(=O)c2ccncc2)c2cc(Br)ccc21)Nc1ccccc1. The molecule has 0 aliphatic rings. The van der Waals surface area contributed by atoms with Gasteiger partial charge in [0.15, 0.2) is 5.69 Å². The van der Waals surface area contributed by atoms with Gasteiger partial charge in [0, 0.05) is 33.5 Å². The molecule has 0 unspecified atom stereocenters. The van der Waals surface area contributed by atoms with Gasteiger partial charge in [0.2, 0.25) is 11.8 Å². The highest BCUT2D eigenvalue weighted by molar-refractivity contribution is 9.10. The molecule has 2 aromatic carbocycles. The van der Waals surface area contributed by atoms with E-state index in [0.29, 0.717) is 22.2 Å². The molecule has 31 heavy (non-hydrogen) atoms. The Morgan fingerprint density at radius 1 is 1.06 bits per heavy atom. The molecule has 0 aliphatic carbocycles. The average Bonchev–Trinajstić information content (AvgIpc) is 3.03. The van der Waals surface area contributed by atoms with Crippen molar-refractivity contribution in [2.24, 2.45) is 10.2 Å². The highest BCUT2D eigenvalue weighted by Crippen LogP contribution is 2.40. The third-order valence-electron chi connectivity index (χ3n) is 4.50. The van der Waals surface area contributed by atoms with Crippen LogP contribution in [-0.2, 0) is 11.3 Å². The summed E-state index contributed by atoms with van der Waals surface area (Å²) >= 11 is 3.40. The molecular weight excluding hydrogens is 462 g/mol. The molecular formula is C22H16BrN5O3. The highest BCUT2D eigenvalue weighted by atomic mass is 79.9. The van der Waals surface area contributed by atoms with Crippen molar-refractivity contribution in [2.75, 3.05) is 5.32 Å². The van der Waals surface area contributed by atoms with Gasteiger partial charge in [-0.3, -0.25) is 14.6 Å². The second-order valence-corrected chi connectivity index (χ2v) is 7.49. The van der Waals surface area contributed by atoms with Crippen molar-refractivity contribution >= 4 is 50.0 Å². The maximum atomic E-state index is 12.5. The lowest BCUT2D eigenvalue weighted by molar-refractivity contribution is -0.116. The van der Waals surface area contributed by atoms with Crippen LogP contribution in [0.25, 0.3) is 10.9 Å². The number of pyridine rings is 1. The minimum atomic E-state index is -0.570. The Bertz CT molecular complexity index is 1290. The van der Waals surface area contributed by atoms with E-state index in [1.807, 2.05) is 18.2 Å². The van der Waals surface area contributed by atoms with E-state index in [4.69, 9.17) is 0 Å². The van der Waals surface area contributed by atoms with Gasteiger partial charge in [-0.1, -0.05) is 34.1 Å². The number of para-hydroxylation sites is 1. The molecule has 2 N–H and O–H groups in total. The second kappa shape index (κ2) is 8.88. The summed E-state index contributed by atoms with van der Waals surface area (Å²) in [5.74, 6) is -1.15. The smallest absolute Gasteiger partial charge is 0.295 e. The van der Waals surface area contributed by atoms with E-state index in [2.05, 4.69) is 36.5 Å². The number of carbonyl (C=O) groups excluding carboxylic acids is 2. The Balaban J connectivity index is 1.67. The molecule has 0 saturated carbocycles. The molecule has 0 fully saturated rings. The van der Waals surface area contributed by atoms with Crippen LogP contribution < -0.4 is 5.32 Å². The van der Waals surface area contributed by atoms with Gasteiger partial charge in [0.1, 0.15) is 6.54 Å². The molecule has 0 saturated heterocycles. The number of anilines is 1. The zero-order chi connectivity index (χ0) is 21.8. The van der Waals surface area contributed by atoms with Gasteiger partial charge in [0.25, 0.3) is 5.91 Å². The maximum absolute atomic E-state index is 12.5. The number of fused-ring (bicyclic) bond motifs is 1. The number of benzene rings is 2. The molecule has 2 amide bonds. The quantitative estimate of drug-likeness (QED) is 0.391. The van der Waals surface area contributed by atoms with E-state index in [1.165, 1.54) is 29.1 Å². The first-order valence-electron chi connectivity index (χ1n) is 9.24. The number of amides is 2. The summed E-state index contributed by atoms with van der Waals surface area (Å²) in [5, 5.41) is 21.9. The van der Waals surface area contributed by atoms with Gasteiger partial charge in [-0.25, -0.2) is 0 Å². The van der Waals surface area contributed by atoms with E-state index >= 15 is 0 Å². The Morgan fingerprint density at radius 3 is 2.55 bits per heavy atom.